The van der Waals surface area contributed by atoms with E-state index >= 15 is 0 Å². The fourth-order valence-electron chi connectivity index (χ4n) is 1.35. The molecule has 0 fully saturated rings. The van der Waals surface area contributed by atoms with Crippen LogP contribution in [-0.2, 0) is 0 Å². The van der Waals surface area contributed by atoms with Crippen LogP contribution in [0.15, 0.2) is 18.2 Å². The number of carbonyl (C=O) groups is 1. The van der Waals surface area contributed by atoms with Crippen LogP contribution in [0.1, 0.15) is 29.3 Å². The molecule has 0 aromatic heterocycles. The summed E-state index contributed by atoms with van der Waals surface area (Å²) in [6.07, 6.45) is 0.754. The largest absolute Gasteiger partial charge is 0.348 e. The zero-order valence-corrected chi connectivity index (χ0v) is 10.1. The highest BCUT2D eigenvalue weighted by molar-refractivity contribution is 6.18. The molecule has 0 radical (unpaired) electrons. The van der Waals surface area contributed by atoms with Crippen molar-refractivity contribution in [3.05, 3.63) is 35.1 Å². The van der Waals surface area contributed by atoms with Gasteiger partial charge in [0.05, 0.1) is 0 Å². The van der Waals surface area contributed by atoms with Gasteiger partial charge in [-0.1, -0.05) is 13.0 Å². The molecule has 0 saturated heterocycles. The van der Waals surface area contributed by atoms with E-state index in [9.17, 15) is 9.18 Å². The standard InChI is InChI=1S/C12H15ClFNO/c1-3-10(7-13)15-12(16)11-6-9(14)5-4-8(11)2/h4-6,10H,3,7H2,1-2H3,(H,15,16). The predicted molar refractivity (Wildman–Crippen MR) is 63.4 cm³/mol. The van der Waals surface area contributed by atoms with Crippen LogP contribution in [0.5, 0.6) is 0 Å². The summed E-state index contributed by atoms with van der Waals surface area (Å²) in [4.78, 5) is 11.8. The number of hydrogen-bond acceptors (Lipinski definition) is 1. The van der Waals surface area contributed by atoms with Crippen molar-refractivity contribution in [2.24, 2.45) is 0 Å². The summed E-state index contributed by atoms with van der Waals surface area (Å²) >= 11 is 5.68. The van der Waals surface area contributed by atoms with Gasteiger partial charge in [0.1, 0.15) is 5.82 Å². The van der Waals surface area contributed by atoms with Crippen LogP contribution in [0.4, 0.5) is 4.39 Å². The molecule has 1 aromatic rings. The van der Waals surface area contributed by atoms with E-state index in [1.165, 1.54) is 12.1 Å². The summed E-state index contributed by atoms with van der Waals surface area (Å²) in [5.74, 6) is -0.324. The molecule has 0 aliphatic carbocycles. The molecule has 1 atom stereocenters. The highest BCUT2D eigenvalue weighted by atomic mass is 35.5. The number of aryl methyl sites for hydroxylation is 1. The summed E-state index contributed by atoms with van der Waals surface area (Å²) in [6.45, 7) is 3.71. The van der Waals surface area contributed by atoms with Gasteiger partial charge < -0.3 is 5.32 Å². The fourth-order valence-corrected chi connectivity index (χ4v) is 1.65. The maximum absolute atomic E-state index is 13.0. The molecule has 2 nitrogen and oxygen atoms in total. The Kier molecular flexibility index (Phi) is 4.74. The average Bonchev–Trinajstić information content (AvgIpc) is 2.28. The van der Waals surface area contributed by atoms with E-state index in [2.05, 4.69) is 5.32 Å². The molecule has 0 aliphatic heterocycles. The highest BCUT2D eigenvalue weighted by Gasteiger charge is 2.13. The molecule has 0 aliphatic rings. The molecule has 16 heavy (non-hydrogen) atoms. The molecule has 1 N–H and O–H groups in total. The SMILES string of the molecule is CCC(CCl)NC(=O)c1cc(F)ccc1C. The van der Waals surface area contributed by atoms with Crippen molar-refractivity contribution in [2.45, 2.75) is 26.3 Å². The van der Waals surface area contributed by atoms with Gasteiger partial charge in [-0.3, -0.25) is 4.79 Å². The third-order valence-corrected chi connectivity index (χ3v) is 2.83. The van der Waals surface area contributed by atoms with E-state index in [1.807, 2.05) is 6.92 Å². The number of amides is 1. The number of rotatable bonds is 4. The minimum atomic E-state index is -0.408. The van der Waals surface area contributed by atoms with Gasteiger partial charge in [0.25, 0.3) is 5.91 Å². The van der Waals surface area contributed by atoms with Crippen molar-refractivity contribution >= 4 is 17.5 Å². The van der Waals surface area contributed by atoms with Crippen LogP contribution < -0.4 is 5.32 Å². The van der Waals surface area contributed by atoms with Crippen molar-refractivity contribution in [3.8, 4) is 0 Å². The lowest BCUT2D eigenvalue weighted by atomic mass is 10.1. The summed E-state index contributed by atoms with van der Waals surface area (Å²) in [5, 5.41) is 2.76. The number of alkyl halides is 1. The Bertz CT molecular complexity index is 377. The van der Waals surface area contributed by atoms with Gasteiger partial charge in [-0.05, 0) is 31.0 Å². The Morgan fingerprint density at radius 3 is 2.81 bits per heavy atom. The summed E-state index contributed by atoms with van der Waals surface area (Å²) in [6, 6.07) is 4.10. The zero-order valence-electron chi connectivity index (χ0n) is 9.39. The van der Waals surface area contributed by atoms with Crippen LogP contribution in [-0.4, -0.2) is 17.8 Å². The monoisotopic (exact) mass is 243 g/mol. The van der Waals surface area contributed by atoms with Gasteiger partial charge in [-0.2, -0.15) is 0 Å². The normalized spacial score (nSPS) is 12.2. The first kappa shape index (κ1) is 13.0. The van der Waals surface area contributed by atoms with E-state index in [0.717, 1.165) is 12.0 Å². The lowest BCUT2D eigenvalue weighted by molar-refractivity contribution is 0.0938. The van der Waals surface area contributed by atoms with Crippen molar-refractivity contribution < 1.29 is 9.18 Å². The Balaban J connectivity index is 2.83. The lowest BCUT2D eigenvalue weighted by Crippen LogP contribution is -2.36. The molecule has 1 aromatic carbocycles. The number of halogens is 2. The summed E-state index contributed by atoms with van der Waals surface area (Å²) < 4.78 is 13.0. The second-order valence-corrected chi connectivity index (χ2v) is 4.00. The van der Waals surface area contributed by atoms with Gasteiger partial charge in [-0.25, -0.2) is 4.39 Å². The smallest absolute Gasteiger partial charge is 0.251 e. The molecular formula is C12H15ClFNO. The number of hydrogen-bond donors (Lipinski definition) is 1. The molecule has 1 unspecified atom stereocenters. The van der Waals surface area contributed by atoms with Crippen LogP contribution >= 0.6 is 11.6 Å². The van der Waals surface area contributed by atoms with E-state index in [0.29, 0.717) is 11.4 Å². The highest BCUT2D eigenvalue weighted by Crippen LogP contribution is 2.10. The van der Waals surface area contributed by atoms with Gasteiger partial charge >= 0.3 is 0 Å². The molecule has 88 valence electrons. The first-order valence-electron chi connectivity index (χ1n) is 5.21. The Labute approximate surface area is 99.8 Å². The van der Waals surface area contributed by atoms with Crippen LogP contribution in [0.3, 0.4) is 0 Å². The van der Waals surface area contributed by atoms with Crippen molar-refractivity contribution in [3.63, 3.8) is 0 Å². The van der Waals surface area contributed by atoms with Crippen LogP contribution in [0.25, 0.3) is 0 Å². The second kappa shape index (κ2) is 5.85. The second-order valence-electron chi connectivity index (χ2n) is 3.69. The minimum absolute atomic E-state index is 0.0724. The van der Waals surface area contributed by atoms with Gasteiger partial charge in [-0.15, -0.1) is 11.6 Å². The Morgan fingerprint density at radius 1 is 1.56 bits per heavy atom. The third-order valence-electron chi connectivity index (χ3n) is 2.46. The predicted octanol–water partition coefficient (Wildman–Crippen LogP) is 2.88. The third kappa shape index (κ3) is 3.20. The molecule has 0 bridgehead atoms. The van der Waals surface area contributed by atoms with Gasteiger partial charge in [0.15, 0.2) is 0 Å². The number of nitrogens with one attached hydrogen (secondary N) is 1. The maximum Gasteiger partial charge on any atom is 0.251 e. The van der Waals surface area contributed by atoms with Crippen molar-refractivity contribution in [2.75, 3.05) is 5.88 Å². The number of carbonyl (C=O) groups excluding carboxylic acids is 1. The van der Waals surface area contributed by atoms with Gasteiger partial charge in [0.2, 0.25) is 0 Å². The molecule has 0 saturated carbocycles. The average molecular weight is 244 g/mol. The van der Waals surface area contributed by atoms with E-state index in [1.54, 1.807) is 13.0 Å². The first-order valence-corrected chi connectivity index (χ1v) is 5.75. The van der Waals surface area contributed by atoms with E-state index < -0.39 is 5.82 Å². The van der Waals surface area contributed by atoms with E-state index in [-0.39, 0.29) is 11.9 Å². The maximum atomic E-state index is 13.0. The summed E-state index contributed by atoms with van der Waals surface area (Å²) in [7, 11) is 0. The number of benzene rings is 1. The molecule has 0 heterocycles. The quantitative estimate of drug-likeness (QED) is 0.810. The Hall–Kier alpha value is -1.09. The van der Waals surface area contributed by atoms with Gasteiger partial charge in [0, 0.05) is 17.5 Å². The van der Waals surface area contributed by atoms with Crippen molar-refractivity contribution in [1.82, 2.24) is 5.32 Å². The van der Waals surface area contributed by atoms with Crippen molar-refractivity contribution in [1.29, 1.82) is 0 Å². The topological polar surface area (TPSA) is 29.1 Å². The molecule has 0 spiro atoms. The van der Waals surface area contributed by atoms with Crippen LogP contribution in [0.2, 0.25) is 0 Å². The van der Waals surface area contributed by atoms with Crippen LogP contribution in [0, 0.1) is 12.7 Å². The molecule has 1 rings (SSSR count). The summed E-state index contributed by atoms with van der Waals surface area (Å²) in [5.41, 5.74) is 1.12. The first-order chi connectivity index (χ1) is 7.58. The fraction of sp³-hybridized carbons (Fsp3) is 0.417. The van der Waals surface area contributed by atoms with E-state index in [4.69, 9.17) is 11.6 Å². The lowest BCUT2D eigenvalue weighted by Gasteiger charge is -2.14. The Morgan fingerprint density at radius 2 is 2.25 bits per heavy atom. The zero-order chi connectivity index (χ0) is 12.1. The molecule has 4 heteroatoms. The minimum Gasteiger partial charge on any atom is -0.348 e. The molecule has 1 amide bonds. The molecular weight excluding hydrogens is 229 g/mol.